The van der Waals surface area contributed by atoms with E-state index < -0.39 is 11.9 Å². The van der Waals surface area contributed by atoms with Crippen LogP contribution in [0.15, 0.2) is 23.6 Å². The van der Waals surface area contributed by atoms with Crippen LogP contribution in [0.3, 0.4) is 0 Å². The fraction of sp³-hybridized carbons (Fsp3) is 0.333. The van der Waals surface area contributed by atoms with Gasteiger partial charge in [-0.3, -0.25) is 5.43 Å². The average Bonchev–Trinajstić information content (AvgIpc) is 2.96. The summed E-state index contributed by atoms with van der Waals surface area (Å²) in [6.07, 6.45) is -4.55. The zero-order valence-corrected chi connectivity index (χ0v) is 12.0. The molecule has 5 nitrogen and oxygen atoms in total. The van der Waals surface area contributed by atoms with Crippen molar-refractivity contribution in [3.63, 3.8) is 0 Å². The van der Waals surface area contributed by atoms with Crippen molar-refractivity contribution in [1.29, 1.82) is 0 Å². The Morgan fingerprint density at radius 1 is 1.38 bits per heavy atom. The Morgan fingerprint density at radius 3 is 2.67 bits per heavy atom. The number of rotatable bonds is 5. The minimum Gasteiger partial charge on any atom is -0.352 e. The van der Waals surface area contributed by atoms with Gasteiger partial charge in [0.05, 0.1) is 6.54 Å². The molecule has 0 aliphatic heterocycles. The maximum atomic E-state index is 12.9. The number of halogens is 3. The molecule has 0 spiro atoms. The lowest BCUT2D eigenvalue weighted by molar-refractivity contribution is -0.141. The second kappa shape index (κ2) is 6.27. The summed E-state index contributed by atoms with van der Waals surface area (Å²) < 4.78 is 38.6. The molecular weight excluding hydrogens is 303 g/mol. The lowest BCUT2D eigenvalue weighted by Gasteiger charge is -2.22. The topological polar surface area (TPSA) is 67.1 Å². The van der Waals surface area contributed by atoms with Gasteiger partial charge in [-0.15, -0.1) is 11.3 Å². The maximum Gasteiger partial charge on any atom is 0.433 e. The first kappa shape index (κ1) is 15.5. The zero-order valence-electron chi connectivity index (χ0n) is 11.2. The summed E-state index contributed by atoms with van der Waals surface area (Å²) in [5.41, 5.74) is 1.05. The van der Waals surface area contributed by atoms with E-state index in [0.717, 1.165) is 10.9 Å². The summed E-state index contributed by atoms with van der Waals surface area (Å²) in [7, 11) is 0. The molecule has 21 heavy (non-hydrogen) atoms. The predicted octanol–water partition coefficient (Wildman–Crippen LogP) is 2.87. The third-order valence-electron chi connectivity index (χ3n) is 2.76. The number of nitrogen functional groups attached to an aromatic ring is 1. The Morgan fingerprint density at radius 2 is 2.14 bits per heavy atom. The van der Waals surface area contributed by atoms with Crippen LogP contribution in [0.25, 0.3) is 0 Å². The second-order valence-electron chi connectivity index (χ2n) is 4.17. The third-order valence-corrected chi connectivity index (χ3v) is 3.63. The number of nitrogens with zero attached hydrogens (tertiary/aromatic N) is 3. The van der Waals surface area contributed by atoms with Gasteiger partial charge in [-0.25, -0.2) is 10.8 Å². The highest BCUT2D eigenvalue weighted by Crippen LogP contribution is 2.31. The fourth-order valence-corrected chi connectivity index (χ4v) is 2.47. The quantitative estimate of drug-likeness (QED) is 0.656. The molecule has 0 aromatic carbocycles. The largest absolute Gasteiger partial charge is 0.433 e. The highest BCUT2D eigenvalue weighted by atomic mass is 32.1. The van der Waals surface area contributed by atoms with Crippen LogP contribution < -0.4 is 16.2 Å². The average molecular weight is 317 g/mol. The molecule has 0 atom stereocenters. The lowest BCUT2D eigenvalue weighted by Crippen LogP contribution is -2.25. The number of nitrogens with one attached hydrogen (secondary N) is 1. The molecule has 0 aliphatic carbocycles. The standard InChI is InChI=1S/C12H14F3N5S/c1-2-20(7-8-4-3-5-21-8)10-6-9(12(13,14)15)17-11(18-10)19-16/h3-6H,2,7,16H2,1H3,(H,17,18,19). The summed E-state index contributed by atoms with van der Waals surface area (Å²) in [5.74, 6) is 5.07. The van der Waals surface area contributed by atoms with Crippen molar-refractivity contribution < 1.29 is 13.2 Å². The molecule has 0 saturated carbocycles. The Hall–Kier alpha value is -1.87. The van der Waals surface area contributed by atoms with E-state index in [4.69, 9.17) is 5.84 Å². The van der Waals surface area contributed by atoms with Gasteiger partial charge in [0.25, 0.3) is 0 Å². The fourth-order valence-electron chi connectivity index (χ4n) is 1.75. The molecule has 0 aliphatic rings. The van der Waals surface area contributed by atoms with Crippen molar-refractivity contribution >= 4 is 23.1 Å². The first-order chi connectivity index (χ1) is 9.94. The van der Waals surface area contributed by atoms with Crippen LogP contribution in [0.2, 0.25) is 0 Å². The number of hydrogen-bond acceptors (Lipinski definition) is 6. The van der Waals surface area contributed by atoms with E-state index in [1.165, 1.54) is 11.3 Å². The minimum atomic E-state index is -4.55. The van der Waals surface area contributed by atoms with E-state index in [-0.39, 0.29) is 11.8 Å². The SMILES string of the molecule is CCN(Cc1cccs1)c1cc(C(F)(F)F)nc(NN)n1. The van der Waals surface area contributed by atoms with Gasteiger partial charge in [-0.1, -0.05) is 6.07 Å². The van der Waals surface area contributed by atoms with Crippen molar-refractivity contribution in [2.75, 3.05) is 16.9 Å². The van der Waals surface area contributed by atoms with Crippen molar-refractivity contribution in [3.8, 4) is 0 Å². The van der Waals surface area contributed by atoms with Crippen molar-refractivity contribution in [3.05, 3.63) is 34.2 Å². The predicted molar refractivity (Wildman–Crippen MR) is 75.9 cm³/mol. The van der Waals surface area contributed by atoms with Crippen LogP contribution in [0.4, 0.5) is 24.9 Å². The van der Waals surface area contributed by atoms with Crippen LogP contribution in [-0.2, 0) is 12.7 Å². The molecule has 0 saturated heterocycles. The zero-order chi connectivity index (χ0) is 15.5. The summed E-state index contributed by atoms with van der Waals surface area (Å²) >= 11 is 1.53. The van der Waals surface area contributed by atoms with Gasteiger partial charge in [0, 0.05) is 17.5 Å². The van der Waals surface area contributed by atoms with Gasteiger partial charge in [-0.05, 0) is 18.4 Å². The molecule has 2 aromatic rings. The van der Waals surface area contributed by atoms with Crippen LogP contribution in [0.5, 0.6) is 0 Å². The molecule has 114 valence electrons. The number of anilines is 2. The van der Waals surface area contributed by atoms with E-state index in [2.05, 4.69) is 15.4 Å². The van der Waals surface area contributed by atoms with E-state index in [1.54, 1.807) is 4.90 Å². The molecule has 9 heteroatoms. The van der Waals surface area contributed by atoms with Crippen LogP contribution >= 0.6 is 11.3 Å². The normalized spacial score (nSPS) is 11.5. The number of nitrogens with two attached hydrogens (primary N) is 1. The molecule has 2 aromatic heterocycles. The molecule has 2 heterocycles. The van der Waals surface area contributed by atoms with E-state index in [1.807, 2.05) is 24.4 Å². The second-order valence-corrected chi connectivity index (χ2v) is 5.20. The molecular formula is C12H14F3N5S. The lowest BCUT2D eigenvalue weighted by atomic mass is 10.3. The third kappa shape index (κ3) is 3.82. The highest BCUT2D eigenvalue weighted by molar-refractivity contribution is 7.09. The number of alkyl halides is 3. The van der Waals surface area contributed by atoms with Crippen LogP contribution in [0, 0.1) is 0 Å². The number of hydrogen-bond donors (Lipinski definition) is 2. The molecule has 2 rings (SSSR count). The Labute approximate surface area is 123 Å². The summed E-state index contributed by atoms with van der Waals surface area (Å²) in [6.45, 7) is 2.83. The minimum absolute atomic E-state index is 0.182. The molecule has 0 unspecified atom stereocenters. The maximum absolute atomic E-state index is 12.9. The van der Waals surface area contributed by atoms with Gasteiger partial charge in [0.15, 0.2) is 5.69 Å². The summed E-state index contributed by atoms with van der Waals surface area (Å²) in [5, 5.41) is 1.91. The van der Waals surface area contributed by atoms with E-state index >= 15 is 0 Å². The smallest absolute Gasteiger partial charge is 0.352 e. The highest BCUT2D eigenvalue weighted by Gasteiger charge is 2.34. The summed E-state index contributed by atoms with van der Waals surface area (Å²) in [6, 6.07) is 4.74. The van der Waals surface area contributed by atoms with Gasteiger partial charge < -0.3 is 4.90 Å². The van der Waals surface area contributed by atoms with Crippen LogP contribution in [-0.4, -0.2) is 16.5 Å². The Bertz CT molecular complexity index is 585. The first-order valence-corrected chi connectivity index (χ1v) is 7.02. The van der Waals surface area contributed by atoms with Crippen LogP contribution in [0.1, 0.15) is 17.5 Å². The van der Waals surface area contributed by atoms with E-state index in [9.17, 15) is 13.2 Å². The Balaban J connectivity index is 2.35. The molecule has 0 bridgehead atoms. The van der Waals surface area contributed by atoms with Gasteiger partial charge in [0.2, 0.25) is 5.95 Å². The Kier molecular flexibility index (Phi) is 4.63. The van der Waals surface area contributed by atoms with Gasteiger partial charge in [0.1, 0.15) is 5.82 Å². The van der Waals surface area contributed by atoms with Gasteiger partial charge in [-0.2, -0.15) is 18.2 Å². The van der Waals surface area contributed by atoms with Crippen molar-refractivity contribution in [2.24, 2.45) is 5.84 Å². The number of thiophene rings is 1. The number of hydrazine groups is 1. The molecule has 0 radical (unpaired) electrons. The summed E-state index contributed by atoms with van der Waals surface area (Å²) in [4.78, 5) is 10.1. The van der Waals surface area contributed by atoms with Crippen molar-refractivity contribution in [2.45, 2.75) is 19.6 Å². The van der Waals surface area contributed by atoms with Crippen molar-refractivity contribution in [1.82, 2.24) is 9.97 Å². The number of aromatic nitrogens is 2. The molecule has 3 N–H and O–H groups in total. The monoisotopic (exact) mass is 317 g/mol. The molecule has 0 amide bonds. The first-order valence-electron chi connectivity index (χ1n) is 6.14. The molecule has 0 fully saturated rings. The van der Waals surface area contributed by atoms with Gasteiger partial charge >= 0.3 is 6.18 Å². The van der Waals surface area contributed by atoms with E-state index in [0.29, 0.717) is 13.1 Å².